The lowest BCUT2D eigenvalue weighted by Gasteiger charge is -2.42. The smallest absolute Gasteiger partial charge is 0.257 e. The highest BCUT2D eigenvalue weighted by Crippen LogP contribution is 2.55. The predicted molar refractivity (Wildman–Crippen MR) is 219 cm³/mol. The highest BCUT2D eigenvalue weighted by Gasteiger charge is 2.65. The van der Waals surface area contributed by atoms with E-state index in [1.54, 1.807) is 0 Å². The summed E-state index contributed by atoms with van der Waals surface area (Å²) >= 11 is 0. The molecule has 2 amide bonds. The molecule has 290 valence electrons. The Morgan fingerprint density at radius 2 is 0.702 bits per heavy atom. The first-order chi connectivity index (χ1) is 27.5. The van der Waals surface area contributed by atoms with Crippen LogP contribution in [0.1, 0.15) is 68.5 Å². The summed E-state index contributed by atoms with van der Waals surface area (Å²) in [6.07, 6.45) is -0.695. The molecule has 0 atom stereocenters. The number of carbonyl (C=O) groups excluding carboxylic acids is 2. The van der Waals surface area contributed by atoms with Gasteiger partial charge in [-0.1, -0.05) is 180 Å². The van der Waals surface area contributed by atoms with E-state index in [4.69, 9.17) is 9.78 Å². The van der Waals surface area contributed by atoms with E-state index in [-0.39, 0.29) is 25.9 Å². The van der Waals surface area contributed by atoms with Crippen molar-refractivity contribution in [2.75, 3.05) is 0 Å². The number of hydrazine groups is 1. The van der Waals surface area contributed by atoms with Crippen molar-refractivity contribution in [2.45, 2.75) is 64.8 Å². The van der Waals surface area contributed by atoms with Gasteiger partial charge in [-0.3, -0.25) is 20.1 Å². The van der Waals surface area contributed by atoms with Crippen molar-refractivity contribution in [2.24, 2.45) is 5.41 Å². The fourth-order valence-electron chi connectivity index (χ4n) is 8.15. The summed E-state index contributed by atoms with van der Waals surface area (Å²) in [4.78, 5) is 43.4. The zero-order chi connectivity index (χ0) is 40.2. The van der Waals surface area contributed by atoms with Gasteiger partial charge in [0.2, 0.25) is 0 Å². The first kappa shape index (κ1) is 39.3. The molecule has 1 fully saturated rings. The minimum Gasteiger partial charge on any atom is -0.272 e. The monoisotopic (exact) mass is 760 g/mol. The van der Waals surface area contributed by atoms with Crippen molar-refractivity contribution in [1.82, 2.24) is 10.0 Å². The number of nitrogens with zero attached hydrogens (tertiary/aromatic N) is 2. The molecule has 57 heavy (non-hydrogen) atoms. The number of rotatable bonds is 14. The molecule has 2 N–H and O–H groups in total. The van der Waals surface area contributed by atoms with Gasteiger partial charge < -0.3 is 0 Å². The predicted octanol–water partition coefficient (Wildman–Crippen LogP) is 9.84. The van der Waals surface area contributed by atoms with E-state index in [1.807, 2.05) is 185 Å². The van der Waals surface area contributed by atoms with Crippen LogP contribution in [0.4, 0.5) is 0 Å². The number of amides is 2. The first-order valence-corrected chi connectivity index (χ1v) is 19.2. The van der Waals surface area contributed by atoms with Crippen LogP contribution >= 0.6 is 0 Å². The molecule has 0 unspecified atom stereocenters. The molecule has 0 spiro atoms. The molecule has 1 saturated heterocycles. The topological polar surface area (TPSA) is 99.5 Å². The van der Waals surface area contributed by atoms with Crippen molar-refractivity contribution >= 4 is 11.8 Å². The van der Waals surface area contributed by atoms with Gasteiger partial charge in [0.25, 0.3) is 11.8 Å². The molecular weight excluding hydrogens is 713 g/mol. The average Bonchev–Trinajstić information content (AvgIpc) is 3.41. The molecular formula is C49H48N2O6. The van der Waals surface area contributed by atoms with E-state index in [9.17, 15) is 10.5 Å². The van der Waals surface area contributed by atoms with Crippen molar-refractivity contribution < 1.29 is 29.9 Å². The molecule has 1 aliphatic heterocycles. The molecule has 7 rings (SSSR count). The van der Waals surface area contributed by atoms with Gasteiger partial charge in [-0.15, -0.1) is 0 Å². The molecule has 0 aliphatic carbocycles. The number of carbonyl (C=O) groups is 2. The lowest BCUT2D eigenvalue weighted by Crippen LogP contribution is -2.50. The van der Waals surface area contributed by atoms with Gasteiger partial charge in [0.05, 0.1) is 13.1 Å². The second-order valence-corrected chi connectivity index (χ2v) is 15.4. The third-order valence-electron chi connectivity index (χ3n) is 11.4. The molecule has 1 heterocycles. The van der Waals surface area contributed by atoms with Gasteiger partial charge in [0.15, 0.2) is 11.2 Å². The first-order valence-electron chi connectivity index (χ1n) is 19.2. The van der Waals surface area contributed by atoms with Gasteiger partial charge in [-0.2, -0.15) is 0 Å². The van der Waals surface area contributed by atoms with Crippen molar-refractivity contribution in [3.8, 4) is 0 Å². The Hall–Kier alpha value is -5.90. The maximum absolute atomic E-state index is 16.0. The molecule has 0 radical (unpaired) electrons. The van der Waals surface area contributed by atoms with E-state index in [2.05, 4.69) is 0 Å². The van der Waals surface area contributed by atoms with Crippen LogP contribution in [0.25, 0.3) is 0 Å². The molecule has 0 aromatic heterocycles. The van der Waals surface area contributed by atoms with Crippen molar-refractivity contribution in [3.05, 3.63) is 213 Å². The van der Waals surface area contributed by atoms with Crippen LogP contribution < -0.4 is 0 Å². The second kappa shape index (κ2) is 16.3. The van der Waals surface area contributed by atoms with E-state index in [1.165, 1.54) is 10.0 Å². The Balaban J connectivity index is 1.52. The zero-order valence-electron chi connectivity index (χ0n) is 32.8. The van der Waals surface area contributed by atoms with Crippen LogP contribution in [0.15, 0.2) is 158 Å². The van der Waals surface area contributed by atoms with Gasteiger partial charge in [0, 0.05) is 12.8 Å². The Labute approximate surface area is 334 Å². The minimum absolute atomic E-state index is 0.0874. The maximum atomic E-state index is 16.0. The van der Waals surface area contributed by atoms with Crippen molar-refractivity contribution in [1.29, 1.82) is 0 Å². The van der Waals surface area contributed by atoms with Gasteiger partial charge >= 0.3 is 0 Å². The Morgan fingerprint density at radius 1 is 0.439 bits per heavy atom. The van der Waals surface area contributed by atoms with E-state index in [0.29, 0.717) is 22.3 Å². The van der Waals surface area contributed by atoms with Crippen molar-refractivity contribution in [3.63, 3.8) is 0 Å². The highest BCUT2D eigenvalue weighted by molar-refractivity contribution is 6.10. The van der Waals surface area contributed by atoms with Gasteiger partial charge in [-0.05, 0) is 61.1 Å². The quantitative estimate of drug-likeness (QED) is 0.0652. The van der Waals surface area contributed by atoms with Gasteiger partial charge in [0.1, 0.15) is 5.41 Å². The summed E-state index contributed by atoms with van der Waals surface area (Å²) in [5, 5.41) is 25.8. The largest absolute Gasteiger partial charge is 0.272 e. The lowest BCUT2D eigenvalue weighted by molar-refractivity contribution is -0.332. The standard InChI is InChI=1S/C49H48N2O6/c1-35-15-23-41(24-16-35)48(56-54,42-25-17-36(2)18-26-42)33-47(34-49(57-55,43-27-19-37(3)20-28-43)44-29-21-38(4)22-30-44)45(52)50(31-39-11-7-5-8-12-39)51(46(47)53)32-40-13-9-6-10-14-40/h5-30,54-55H,31-34H2,1-4H3. The molecule has 0 saturated carbocycles. The maximum Gasteiger partial charge on any atom is 0.257 e. The lowest BCUT2D eigenvalue weighted by atomic mass is 9.64. The van der Waals surface area contributed by atoms with Crippen LogP contribution in [0.2, 0.25) is 0 Å². The third-order valence-corrected chi connectivity index (χ3v) is 11.4. The molecule has 8 heteroatoms. The summed E-state index contributed by atoms with van der Waals surface area (Å²) in [5.41, 5.74) is 2.21. The average molecular weight is 761 g/mol. The van der Waals surface area contributed by atoms with Crippen LogP contribution in [0, 0.1) is 33.1 Å². The summed E-state index contributed by atoms with van der Waals surface area (Å²) < 4.78 is 0. The molecule has 0 bridgehead atoms. The normalized spacial score (nSPS) is 14.4. The van der Waals surface area contributed by atoms with Gasteiger partial charge in [-0.25, -0.2) is 19.8 Å². The van der Waals surface area contributed by atoms with E-state index >= 15 is 9.59 Å². The highest BCUT2D eigenvalue weighted by atomic mass is 17.1. The summed E-state index contributed by atoms with van der Waals surface area (Å²) in [7, 11) is 0. The second-order valence-electron chi connectivity index (χ2n) is 15.4. The fraction of sp³-hybridized carbons (Fsp3) is 0.224. The summed E-state index contributed by atoms with van der Waals surface area (Å²) in [6, 6.07) is 49.1. The molecule has 1 aliphatic rings. The zero-order valence-corrected chi connectivity index (χ0v) is 32.8. The number of hydrogen-bond acceptors (Lipinski definition) is 6. The van der Waals surface area contributed by atoms with Crippen LogP contribution in [-0.2, 0) is 43.7 Å². The minimum atomic E-state index is -2.01. The summed E-state index contributed by atoms with van der Waals surface area (Å²) in [5.74, 6) is -1.04. The Bertz CT molecular complexity index is 2030. The SMILES string of the molecule is Cc1ccc(C(CC2(CC(OO)(c3ccc(C)cc3)c3ccc(C)cc3)C(=O)N(Cc3ccccc3)N(Cc3ccccc3)C2=O)(OO)c2ccc(C)cc2)cc1. The van der Waals surface area contributed by atoms with Crippen LogP contribution in [-0.4, -0.2) is 32.3 Å². The molecule has 6 aromatic rings. The van der Waals surface area contributed by atoms with Crippen LogP contribution in [0.5, 0.6) is 0 Å². The van der Waals surface area contributed by atoms with E-state index in [0.717, 1.165) is 33.4 Å². The number of benzene rings is 6. The third kappa shape index (κ3) is 7.53. The molecule has 6 aromatic carbocycles. The summed E-state index contributed by atoms with van der Waals surface area (Å²) in [6.45, 7) is 8.01. The fourth-order valence-corrected chi connectivity index (χ4v) is 8.15. The molecule has 8 nitrogen and oxygen atoms in total. The Kier molecular flexibility index (Phi) is 11.2. The number of aryl methyl sites for hydroxylation is 4. The van der Waals surface area contributed by atoms with Crippen LogP contribution in [0.3, 0.4) is 0 Å². The van der Waals surface area contributed by atoms with E-state index < -0.39 is 28.4 Å². The Morgan fingerprint density at radius 3 is 0.947 bits per heavy atom. The number of hydrogen-bond donors (Lipinski definition) is 2.